The van der Waals surface area contributed by atoms with Gasteiger partial charge in [-0.1, -0.05) is 37.3 Å². The Kier molecular flexibility index (Phi) is 7.24. The Morgan fingerprint density at radius 1 is 1.23 bits per heavy atom. The van der Waals surface area contributed by atoms with Gasteiger partial charge >= 0.3 is 6.09 Å². The Morgan fingerprint density at radius 2 is 1.85 bits per heavy atom. The van der Waals surface area contributed by atoms with Gasteiger partial charge in [0.25, 0.3) is 0 Å². The van der Waals surface area contributed by atoms with Crippen molar-refractivity contribution >= 4 is 17.1 Å². The first-order valence-corrected chi connectivity index (χ1v) is 10.5. The fourth-order valence-electron chi connectivity index (χ4n) is 2.99. The van der Waals surface area contributed by atoms with E-state index < -0.39 is 17.1 Å². The number of hydrogen-bond donors (Lipinski definition) is 2. The molecule has 1 aliphatic rings. The number of ether oxygens (including phenoxy) is 1. The third-order valence-electron chi connectivity index (χ3n) is 4.88. The average molecular weight is 381 g/mol. The van der Waals surface area contributed by atoms with Crippen molar-refractivity contribution in [2.24, 2.45) is 5.92 Å². The summed E-state index contributed by atoms with van der Waals surface area (Å²) in [6.45, 7) is 8.78. The molecule has 1 aliphatic carbocycles. The van der Waals surface area contributed by atoms with E-state index in [9.17, 15) is 9.00 Å². The van der Waals surface area contributed by atoms with E-state index in [0.717, 1.165) is 31.2 Å². The van der Waals surface area contributed by atoms with Gasteiger partial charge < -0.3 is 10.1 Å². The quantitative estimate of drug-likeness (QED) is 0.786. The highest BCUT2D eigenvalue weighted by atomic mass is 32.2. The monoisotopic (exact) mass is 380 g/mol. The Balaban J connectivity index is 1.91. The van der Waals surface area contributed by atoms with E-state index in [0.29, 0.717) is 12.5 Å². The molecule has 2 N–H and O–H groups in total. The Bertz CT molecular complexity index is 605. The summed E-state index contributed by atoms with van der Waals surface area (Å²) in [6.07, 6.45) is 3.49. The molecule has 1 saturated carbocycles. The molecule has 146 valence electrons. The van der Waals surface area contributed by atoms with Crippen LogP contribution in [0.25, 0.3) is 0 Å². The summed E-state index contributed by atoms with van der Waals surface area (Å²) in [5.74, 6) is 0.665. The van der Waals surface area contributed by atoms with E-state index in [2.05, 4.69) is 17.0 Å². The maximum absolute atomic E-state index is 12.6. The number of carbonyl (C=O) groups excluding carboxylic acids is 1. The van der Waals surface area contributed by atoms with Crippen molar-refractivity contribution in [3.05, 3.63) is 35.9 Å². The third kappa shape index (κ3) is 6.40. The minimum absolute atomic E-state index is 0.248. The molecule has 6 heteroatoms. The van der Waals surface area contributed by atoms with Crippen molar-refractivity contribution < 1.29 is 13.7 Å². The number of amides is 1. The molecule has 0 aromatic heterocycles. The van der Waals surface area contributed by atoms with E-state index in [1.54, 1.807) is 0 Å². The molecular formula is C20H32N2O3S. The van der Waals surface area contributed by atoms with E-state index in [-0.39, 0.29) is 16.9 Å². The van der Waals surface area contributed by atoms with Crippen molar-refractivity contribution in [3.8, 4) is 0 Å². The van der Waals surface area contributed by atoms with Crippen LogP contribution < -0.4 is 10.0 Å². The molecule has 1 aromatic carbocycles. The molecule has 0 unspecified atom stereocenters. The molecule has 1 fully saturated rings. The second-order valence-corrected chi connectivity index (χ2v) is 10.3. The number of rotatable bonds is 6. The van der Waals surface area contributed by atoms with Crippen LogP contribution in [0.2, 0.25) is 0 Å². The topological polar surface area (TPSA) is 67.4 Å². The zero-order chi connectivity index (χ0) is 19.2. The lowest BCUT2D eigenvalue weighted by Crippen LogP contribution is -2.57. The lowest BCUT2D eigenvalue weighted by Gasteiger charge is -2.41. The Hall–Kier alpha value is -1.40. The Labute approximate surface area is 159 Å². The van der Waals surface area contributed by atoms with Crippen molar-refractivity contribution in [1.29, 1.82) is 0 Å². The zero-order valence-corrected chi connectivity index (χ0v) is 17.2. The summed E-state index contributed by atoms with van der Waals surface area (Å²) in [6, 6.07) is 9.61. The van der Waals surface area contributed by atoms with Gasteiger partial charge in [-0.3, -0.25) is 0 Å². The molecule has 26 heavy (non-hydrogen) atoms. The maximum atomic E-state index is 12.6. The first kappa shape index (κ1) is 20.9. The van der Waals surface area contributed by atoms with Crippen LogP contribution in [0.15, 0.2) is 30.3 Å². The lowest BCUT2D eigenvalue weighted by atomic mass is 9.78. The number of benzene rings is 1. The number of alkyl carbamates (subject to hydrolysis) is 1. The highest BCUT2D eigenvalue weighted by Gasteiger charge is 2.38. The molecule has 1 atom stereocenters. The van der Waals surface area contributed by atoms with Gasteiger partial charge in [0.05, 0.1) is 15.7 Å². The summed E-state index contributed by atoms with van der Waals surface area (Å²) in [5.41, 5.74) is 0.618. The molecule has 0 bridgehead atoms. The van der Waals surface area contributed by atoms with Crippen LogP contribution in [-0.2, 0) is 22.3 Å². The van der Waals surface area contributed by atoms with Gasteiger partial charge in [-0.2, -0.15) is 0 Å². The predicted octanol–water partition coefficient (Wildman–Crippen LogP) is 3.91. The van der Waals surface area contributed by atoms with Crippen LogP contribution in [0, 0.1) is 5.92 Å². The zero-order valence-electron chi connectivity index (χ0n) is 16.3. The Morgan fingerprint density at radius 3 is 2.42 bits per heavy atom. The van der Waals surface area contributed by atoms with Gasteiger partial charge in [-0.05, 0) is 57.9 Å². The summed E-state index contributed by atoms with van der Waals surface area (Å²) in [7, 11) is -1.18. The largest absolute Gasteiger partial charge is 0.445 e. The van der Waals surface area contributed by atoms with Crippen LogP contribution >= 0.6 is 0 Å². The first-order valence-electron chi connectivity index (χ1n) is 9.34. The maximum Gasteiger partial charge on any atom is 0.407 e. The molecule has 0 spiro atoms. The summed E-state index contributed by atoms with van der Waals surface area (Å²) in [4.78, 5) is 12.1. The van der Waals surface area contributed by atoms with Crippen molar-refractivity contribution in [2.75, 3.05) is 6.54 Å². The normalized spacial score (nSPS) is 24.7. The van der Waals surface area contributed by atoms with E-state index >= 15 is 0 Å². The van der Waals surface area contributed by atoms with Crippen molar-refractivity contribution in [3.63, 3.8) is 0 Å². The van der Waals surface area contributed by atoms with E-state index in [1.165, 1.54) is 0 Å². The third-order valence-corrected chi connectivity index (χ3v) is 6.61. The molecule has 0 saturated heterocycles. The van der Waals surface area contributed by atoms with Crippen LogP contribution in [-0.4, -0.2) is 27.1 Å². The summed E-state index contributed by atoms with van der Waals surface area (Å²) >= 11 is 0. The number of hydrogen-bond acceptors (Lipinski definition) is 3. The van der Waals surface area contributed by atoms with Crippen LogP contribution in [0.5, 0.6) is 0 Å². The minimum atomic E-state index is -1.18. The second kappa shape index (κ2) is 9.00. The van der Waals surface area contributed by atoms with Gasteiger partial charge in [-0.15, -0.1) is 0 Å². The lowest BCUT2D eigenvalue weighted by molar-refractivity contribution is 0.132. The van der Waals surface area contributed by atoms with Gasteiger partial charge in [0.15, 0.2) is 0 Å². The molecular weight excluding hydrogens is 348 g/mol. The number of nitrogens with one attached hydrogen (secondary N) is 2. The van der Waals surface area contributed by atoms with Crippen molar-refractivity contribution in [2.45, 2.75) is 70.3 Å². The average Bonchev–Trinajstić information content (AvgIpc) is 2.61. The predicted molar refractivity (Wildman–Crippen MR) is 106 cm³/mol. The van der Waals surface area contributed by atoms with Crippen LogP contribution in [0.3, 0.4) is 0 Å². The number of carbonyl (C=O) groups is 1. The summed E-state index contributed by atoms with van der Waals surface area (Å²) < 4.78 is 20.9. The molecule has 0 aliphatic heterocycles. The fourth-order valence-corrected chi connectivity index (χ4v) is 3.97. The first-order chi connectivity index (χ1) is 12.2. The molecule has 1 aromatic rings. The molecule has 1 amide bonds. The molecule has 5 nitrogen and oxygen atoms in total. The summed E-state index contributed by atoms with van der Waals surface area (Å²) in [5, 5.41) is 2.88. The van der Waals surface area contributed by atoms with Crippen LogP contribution in [0.1, 0.15) is 58.9 Å². The smallest absolute Gasteiger partial charge is 0.407 e. The van der Waals surface area contributed by atoms with Crippen molar-refractivity contribution in [1.82, 2.24) is 10.0 Å². The standard InChI is InChI=1S/C20H32N2O3S/c1-16-10-12-20(13-11-16,22-26(24)19(2,3)4)15-21-18(23)25-14-17-8-6-5-7-9-17/h5-9,16,22H,10-15H2,1-4H3,(H,21,23)/t16?,20?,26-/m0/s1. The van der Waals surface area contributed by atoms with Gasteiger partial charge in [0.2, 0.25) is 0 Å². The SMILES string of the molecule is CC1CCC(CNC(=O)OCc2ccccc2)(N[S@@](=O)C(C)(C)C)CC1. The molecule has 0 radical (unpaired) electrons. The van der Waals surface area contributed by atoms with E-state index in [4.69, 9.17) is 4.74 Å². The molecule has 2 rings (SSSR count). The minimum Gasteiger partial charge on any atom is -0.445 e. The van der Waals surface area contributed by atoms with Gasteiger partial charge in [0, 0.05) is 12.1 Å². The van der Waals surface area contributed by atoms with Crippen LogP contribution in [0.4, 0.5) is 4.79 Å². The highest BCUT2D eigenvalue weighted by molar-refractivity contribution is 7.84. The van der Waals surface area contributed by atoms with E-state index in [1.807, 2.05) is 51.1 Å². The molecule has 0 heterocycles. The highest BCUT2D eigenvalue weighted by Crippen LogP contribution is 2.32. The van der Waals surface area contributed by atoms with Gasteiger partial charge in [0.1, 0.15) is 6.61 Å². The second-order valence-electron chi connectivity index (χ2n) is 8.36. The van der Waals surface area contributed by atoms with Gasteiger partial charge in [-0.25, -0.2) is 13.7 Å². The fraction of sp³-hybridized carbons (Fsp3) is 0.650.